The van der Waals surface area contributed by atoms with Crippen LogP contribution in [0.5, 0.6) is 5.75 Å². The van der Waals surface area contributed by atoms with Gasteiger partial charge in [-0.1, -0.05) is 30.4 Å². The molecule has 0 aliphatic heterocycles. The van der Waals surface area contributed by atoms with Crippen molar-refractivity contribution in [3.05, 3.63) is 24.3 Å². The van der Waals surface area contributed by atoms with Crippen LogP contribution in [-0.4, -0.2) is 15.4 Å². The van der Waals surface area contributed by atoms with Gasteiger partial charge in [0.05, 0.1) is 8.80 Å². The topological polar surface area (TPSA) is 9.23 Å². The van der Waals surface area contributed by atoms with Crippen molar-refractivity contribution >= 4 is 14.0 Å². The Labute approximate surface area is 77.9 Å². The molecule has 71 valence electrons. The van der Waals surface area contributed by atoms with Gasteiger partial charge >= 0.3 is 6.61 Å². The van der Waals surface area contributed by atoms with E-state index < -0.39 is 15.4 Å². The third kappa shape index (κ3) is 3.14. The lowest BCUT2D eigenvalue weighted by Crippen LogP contribution is -2.21. The first kappa shape index (κ1) is 10.2. The molecule has 0 N–H and O–H groups in total. The second kappa shape index (κ2) is 4.37. The van der Waals surface area contributed by atoms with Crippen LogP contribution in [0.15, 0.2) is 24.3 Å². The van der Waals surface area contributed by atoms with E-state index in [1.54, 1.807) is 12.1 Å². The molecule has 0 spiro atoms. The van der Waals surface area contributed by atoms with Crippen molar-refractivity contribution < 1.29 is 13.5 Å². The van der Waals surface area contributed by atoms with Gasteiger partial charge in [0.2, 0.25) is 0 Å². The van der Waals surface area contributed by atoms with Crippen molar-refractivity contribution in [2.45, 2.75) is 19.7 Å². The van der Waals surface area contributed by atoms with E-state index in [2.05, 4.69) is 17.8 Å². The zero-order chi connectivity index (χ0) is 9.84. The quantitative estimate of drug-likeness (QED) is 0.681. The Morgan fingerprint density at radius 3 is 2.08 bits per heavy atom. The van der Waals surface area contributed by atoms with Crippen LogP contribution in [-0.2, 0) is 0 Å². The molecule has 4 heteroatoms. The second-order valence-corrected chi connectivity index (χ2v) is 5.48. The normalized spacial score (nSPS) is 10.9. The summed E-state index contributed by atoms with van der Waals surface area (Å²) in [5.74, 6) is 0.224. The number of hydrogen-bond donors (Lipinski definition) is 0. The number of alkyl halides is 2. The zero-order valence-electron chi connectivity index (χ0n) is 7.55. The van der Waals surface area contributed by atoms with Crippen molar-refractivity contribution in [1.82, 2.24) is 0 Å². The van der Waals surface area contributed by atoms with E-state index in [4.69, 9.17) is 0 Å². The smallest absolute Gasteiger partial charge is 0.387 e. The Morgan fingerprint density at radius 2 is 1.69 bits per heavy atom. The maximum atomic E-state index is 11.8. The highest BCUT2D eigenvalue weighted by Crippen LogP contribution is 2.11. The summed E-state index contributed by atoms with van der Waals surface area (Å²) >= 11 is 0. The second-order valence-electron chi connectivity index (χ2n) is 2.90. The minimum Gasteiger partial charge on any atom is -0.435 e. The van der Waals surface area contributed by atoms with Crippen LogP contribution in [0.3, 0.4) is 0 Å². The van der Waals surface area contributed by atoms with Gasteiger partial charge in [-0.25, -0.2) is 0 Å². The van der Waals surface area contributed by atoms with Crippen LogP contribution < -0.4 is 9.92 Å². The largest absolute Gasteiger partial charge is 0.435 e. The fraction of sp³-hybridized carbons (Fsp3) is 0.333. The van der Waals surface area contributed by atoms with Gasteiger partial charge < -0.3 is 4.74 Å². The summed E-state index contributed by atoms with van der Waals surface area (Å²) < 4.78 is 27.8. The lowest BCUT2D eigenvalue weighted by molar-refractivity contribution is -0.0498. The average Bonchev–Trinajstić information content (AvgIpc) is 2.04. The van der Waals surface area contributed by atoms with Gasteiger partial charge in [-0.05, 0) is 12.1 Å². The van der Waals surface area contributed by atoms with Crippen LogP contribution in [0, 0.1) is 0 Å². The maximum absolute atomic E-state index is 11.8. The molecule has 1 aromatic rings. The lowest BCUT2D eigenvalue weighted by Gasteiger charge is -2.06. The standard InChI is InChI=1S/C9H11F2OSi/c1-13(2)8-5-3-7(4-6-8)12-9(10)11/h3-6,9H,1-2H3. The van der Waals surface area contributed by atoms with E-state index in [0.717, 1.165) is 0 Å². The first-order chi connectivity index (χ1) is 6.09. The van der Waals surface area contributed by atoms with Crippen molar-refractivity contribution in [2.75, 3.05) is 0 Å². The number of hydrogen-bond acceptors (Lipinski definition) is 1. The molecule has 0 atom stereocenters. The fourth-order valence-corrected chi connectivity index (χ4v) is 1.80. The van der Waals surface area contributed by atoms with Gasteiger partial charge in [0.1, 0.15) is 5.75 Å². The number of halogens is 2. The van der Waals surface area contributed by atoms with Gasteiger partial charge in [0.15, 0.2) is 0 Å². The molecule has 0 amide bonds. The van der Waals surface area contributed by atoms with Gasteiger partial charge in [-0.15, -0.1) is 0 Å². The van der Waals surface area contributed by atoms with Crippen LogP contribution in [0.4, 0.5) is 8.78 Å². The molecule has 0 unspecified atom stereocenters. The molecule has 13 heavy (non-hydrogen) atoms. The van der Waals surface area contributed by atoms with Gasteiger partial charge in [0.25, 0.3) is 0 Å². The first-order valence-corrected chi connectivity index (χ1v) is 6.45. The van der Waals surface area contributed by atoms with Crippen LogP contribution in [0.1, 0.15) is 0 Å². The van der Waals surface area contributed by atoms with Gasteiger partial charge in [0, 0.05) is 0 Å². The minimum absolute atomic E-state index is 0.224. The molecule has 0 saturated carbocycles. The minimum atomic E-state index is -2.74. The molecular weight excluding hydrogens is 190 g/mol. The zero-order valence-corrected chi connectivity index (χ0v) is 8.55. The molecule has 1 nitrogen and oxygen atoms in total. The number of ether oxygens (including phenoxy) is 1. The van der Waals surface area contributed by atoms with E-state index in [-0.39, 0.29) is 5.75 Å². The van der Waals surface area contributed by atoms with Crippen molar-refractivity contribution in [3.63, 3.8) is 0 Å². The molecule has 0 heterocycles. The maximum Gasteiger partial charge on any atom is 0.387 e. The van der Waals surface area contributed by atoms with E-state index >= 15 is 0 Å². The summed E-state index contributed by atoms with van der Waals surface area (Å²) in [6, 6.07) is 6.84. The third-order valence-electron chi connectivity index (χ3n) is 1.66. The highest BCUT2D eigenvalue weighted by molar-refractivity contribution is 6.70. The monoisotopic (exact) mass is 201 g/mol. The number of benzene rings is 1. The van der Waals surface area contributed by atoms with E-state index in [9.17, 15) is 8.78 Å². The molecule has 0 aliphatic rings. The van der Waals surface area contributed by atoms with Gasteiger partial charge in [-0.3, -0.25) is 0 Å². The summed E-state index contributed by atoms with van der Waals surface area (Å²) in [5, 5.41) is 1.21. The SMILES string of the molecule is C[Si](C)c1ccc(OC(F)F)cc1. The van der Waals surface area contributed by atoms with Crippen molar-refractivity contribution in [3.8, 4) is 5.75 Å². The molecule has 1 radical (unpaired) electrons. The average molecular weight is 201 g/mol. The fourth-order valence-electron chi connectivity index (χ4n) is 0.970. The van der Waals surface area contributed by atoms with Crippen molar-refractivity contribution in [2.24, 2.45) is 0 Å². The Balaban J connectivity index is 2.70. The van der Waals surface area contributed by atoms with E-state index in [0.29, 0.717) is 0 Å². The van der Waals surface area contributed by atoms with E-state index in [1.807, 2.05) is 12.1 Å². The summed E-state index contributed by atoms with van der Waals surface area (Å²) in [7, 11) is -0.500. The summed E-state index contributed by atoms with van der Waals surface area (Å²) in [4.78, 5) is 0. The Kier molecular flexibility index (Phi) is 3.42. The molecule has 0 aliphatic carbocycles. The molecule has 0 bridgehead atoms. The Bertz CT molecular complexity index is 259. The molecule has 0 fully saturated rings. The third-order valence-corrected chi connectivity index (χ3v) is 3.14. The molecule has 1 aromatic carbocycles. The van der Waals surface area contributed by atoms with Gasteiger partial charge in [-0.2, -0.15) is 8.78 Å². The summed E-state index contributed by atoms with van der Waals surface area (Å²) in [6.45, 7) is 1.56. The summed E-state index contributed by atoms with van der Waals surface area (Å²) in [6.07, 6.45) is 0. The van der Waals surface area contributed by atoms with Crippen molar-refractivity contribution in [1.29, 1.82) is 0 Å². The summed E-state index contributed by atoms with van der Waals surface area (Å²) in [5.41, 5.74) is 0. The lowest BCUT2D eigenvalue weighted by atomic mass is 10.3. The molecule has 0 saturated heterocycles. The Hall–Kier alpha value is -0.903. The molecule has 1 rings (SSSR count). The first-order valence-electron chi connectivity index (χ1n) is 3.95. The predicted molar refractivity (Wildman–Crippen MR) is 50.2 cm³/mol. The molecular formula is C9H11F2OSi. The highest BCUT2D eigenvalue weighted by Gasteiger charge is 2.05. The van der Waals surface area contributed by atoms with Crippen LogP contribution in [0.25, 0.3) is 0 Å². The number of rotatable bonds is 3. The molecule has 0 aromatic heterocycles. The van der Waals surface area contributed by atoms with E-state index in [1.165, 1.54) is 5.19 Å². The van der Waals surface area contributed by atoms with Crippen LogP contribution in [0.2, 0.25) is 13.1 Å². The Morgan fingerprint density at radius 1 is 1.15 bits per heavy atom. The highest BCUT2D eigenvalue weighted by atomic mass is 28.3. The predicted octanol–water partition coefficient (Wildman–Crippen LogP) is 2.25. The van der Waals surface area contributed by atoms with Crippen LogP contribution >= 0.6 is 0 Å².